The SMILES string of the molecule is CC(C)(C)OC(=O)N1CCC(C#N)(c2cccs2)CC1. The Bertz CT molecular complexity index is 503. The molecule has 0 aliphatic carbocycles. The fourth-order valence-corrected chi connectivity index (χ4v) is 3.30. The third kappa shape index (κ3) is 3.13. The molecule has 1 aromatic heterocycles. The van der Waals surface area contributed by atoms with Crippen LogP contribution in [0.1, 0.15) is 38.5 Å². The van der Waals surface area contributed by atoms with Crippen molar-refractivity contribution in [3.63, 3.8) is 0 Å². The summed E-state index contributed by atoms with van der Waals surface area (Å²) < 4.78 is 5.38. The van der Waals surface area contributed by atoms with Crippen LogP contribution in [0.25, 0.3) is 0 Å². The number of amides is 1. The number of likely N-dealkylation sites (tertiary alicyclic amines) is 1. The smallest absolute Gasteiger partial charge is 0.410 e. The first-order valence-corrected chi connectivity index (χ1v) is 7.67. The van der Waals surface area contributed by atoms with Crippen molar-refractivity contribution >= 4 is 17.4 Å². The Kier molecular flexibility index (Phi) is 4.05. The number of thiophene rings is 1. The van der Waals surface area contributed by atoms with E-state index in [1.165, 1.54) is 0 Å². The summed E-state index contributed by atoms with van der Waals surface area (Å²) in [5, 5.41) is 11.5. The van der Waals surface area contributed by atoms with Crippen LogP contribution >= 0.6 is 11.3 Å². The lowest BCUT2D eigenvalue weighted by Crippen LogP contribution is -2.46. The summed E-state index contributed by atoms with van der Waals surface area (Å²) in [6.45, 7) is 6.72. The molecule has 1 fully saturated rings. The van der Waals surface area contributed by atoms with Crippen LogP contribution in [0, 0.1) is 11.3 Å². The fourth-order valence-electron chi connectivity index (χ4n) is 2.36. The van der Waals surface area contributed by atoms with Crippen LogP contribution in [0.15, 0.2) is 17.5 Å². The summed E-state index contributed by atoms with van der Waals surface area (Å²) >= 11 is 1.62. The van der Waals surface area contributed by atoms with E-state index in [4.69, 9.17) is 4.74 Å². The first kappa shape index (κ1) is 14.9. The Balaban J connectivity index is 2.02. The molecule has 0 radical (unpaired) electrons. The van der Waals surface area contributed by atoms with Crippen LogP contribution in [0.3, 0.4) is 0 Å². The van der Waals surface area contributed by atoms with Crippen LogP contribution < -0.4 is 0 Å². The molecular weight excluding hydrogens is 272 g/mol. The quantitative estimate of drug-likeness (QED) is 0.795. The zero-order valence-electron chi connectivity index (χ0n) is 12.2. The summed E-state index contributed by atoms with van der Waals surface area (Å²) in [5.41, 5.74) is -0.915. The maximum absolute atomic E-state index is 12.0. The van der Waals surface area contributed by atoms with Gasteiger partial charge in [-0.1, -0.05) is 6.07 Å². The third-order valence-electron chi connectivity index (χ3n) is 3.48. The predicted molar refractivity (Wildman–Crippen MR) is 78.7 cm³/mol. The minimum Gasteiger partial charge on any atom is -0.444 e. The van der Waals surface area contributed by atoms with Gasteiger partial charge in [-0.2, -0.15) is 5.26 Å². The molecule has 1 saturated heterocycles. The normalized spacial score (nSPS) is 18.4. The highest BCUT2D eigenvalue weighted by Crippen LogP contribution is 2.37. The number of hydrogen-bond donors (Lipinski definition) is 0. The summed E-state index contributed by atoms with van der Waals surface area (Å²) in [4.78, 5) is 14.8. The molecule has 20 heavy (non-hydrogen) atoms. The summed E-state index contributed by atoms with van der Waals surface area (Å²) in [7, 11) is 0. The number of rotatable bonds is 1. The Morgan fingerprint density at radius 1 is 1.45 bits per heavy atom. The summed E-state index contributed by atoms with van der Waals surface area (Å²) in [6.07, 6.45) is 1.06. The standard InChI is InChI=1S/C15H20N2O2S/c1-14(2,3)19-13(18)17-8-6-15(11-16,7-9-17)12-5-4-10-20-12/h4-5,10H,6-9H2,1-3H3. The average Bonchev–Trinajstić information content (AvgIpc) is 2.91. The third-order valence-corrected chi connectivity index (χ3v) is 4.55. The second-order valence-electron chi connectivity index (χ2n) is 6.14. The monoisotopic (exact) mass is 292 g/mol. The minimum atomic E-state index is -0.478. The number of hydrogen-bond acceptors (Lipinski definition) is 4. The number of ether oxygens (including phenoxy) is 1. The molecule has 1 aliphatic rings. The van der Waals surface area contributed by atoms with E-state index in [0.717, 1.165) is 4.88 Å². The number of piperidine rings is 1. The average molecular weight is 292 g/mol. The highest BCUT2D eigenvalue weighted by Gasteiger charge is 2.39. The van der Waals surface area contributed by atoms with Crippen LogP contribution in [-0.2, 0) is 10.2 Å². The highest BCUT2D eigenvalue weighted by molar-refractivity contribution is 7.10. The zero-order chi connectivity index (χ0) is 14.8. The van der Waals surface area contributed by atoms with Gasteiger partial charge in [0.25, 0.3) is 0 Å². The molecule has 1 aliphatic heterocycles. The molecular formula is C15H20N2O2S. The van der Waals surface area contributed by atoms with E-state index in [2.05, 4.69) is 6.07 Å². The van der Waals surface area contributed by atoms with E-state index in [9.17, 15) is 10.1 Å². The first-order valence-electron chi connectivity index (χ1n) is 6.79. The number of carbonyl (C=O) groups excluding carboxylic acids is 1. The summed E-state index contributed by atoms with van der Waals surface area (Å²) in [6, 6.07) is 6.44. The molecule has 0 N–H and O–H groups in total. The second kappa shape index (κ2) is 5.45. The number of nitrogens with zero attached hydrogens (tertiary/aromatic N) is 2. The van der Waals surface area contributed by atoms with Gasteiger partial charge in [-0.25, -0.2) is 4.79 Å². The van der Waals surface area contributed by atoms with E-state index in [0.29, 0.717) is 25.9 Å². The van der Waals surface area contributed by atoms with Crippen molar-refractivity contribution in [1.29, 1.82) is 5.26 Å². The van der Waals surface area contributed by atoms with Crippen molar-refractivity contribution < 1.29 is 9.53 Å². The molecule has 0 atom stereocenters. The predicted octanol–water partition coefficient (Wildman–Crippen LogP) is 3.54. The van der Waals surface area contributed by atoms with E-state index < -0.39 is 11.0 Å². The van der Waals surface area contributed by atoms with Gasteiger partial charge in [0, 0.05) is 18.0 Å². The first-order chi connectivity index (χ1) is 9.36. The molecule has 0 aromatic carbocycles. The molecule has 0 spiro atoms. The Morgan fingerprint density at radius 3 is 2.55 bits per heavy atom. The van der Waals surface area contributed by atoms with E-state index in [-0.39, 0.29) is 6.09 Å². The lowest BCUT2D eigenvalue weighted by molar-refractivity contribution is 0.0186. The molecule has 0 saturated carbocycles. The molecule has 2 heterocycles. The largest absolute Gasteiger partial charge is 0.444 e. The van der Waals surface area contributed by atoms with Crippen molar-refractivity contribution in [3.8, 4) is 6.07 Å². The Morgan fingerprint density at radius 2 is 2.10 bits per heavy atom. The van der Waals surface area contributed by atoms with Crippen LogP contribution in [-0.4, -0.2) is 29.7 Å². The van der Waals surface area contributed by atoms with Crippen molar-refractivity contribution in [3.05, 3.63) is 22.4 Å². The van der Waals surface area contributed by atoms with Gasteiger partial charge in [0.05, 0.1) is 11.5 Å². The Hall–Kier alpha value is -1.54. The van der Waals surface area contributed by atoms with Gasteiger partial charge in [0.15, 0.2) is 0 Å². The van der Waals surface area contributed by atoms with Crippen molar-refractivity contribution in [2.75, 3.05) is 13.1 Å². The van der Waals surface area contributed by atoms with Crippen LogP contribution in [0.2, 0.25) is 0 Å². The van der Waals surface area contributed by atoms with E-state index in [1.807, 2.05) is 38.3 Å². The van der Waals surface area contributed by atoms with E-state index >= 15 is 0 Å². The van der Waals surface area contributed by atoms with Gasteiger partial charge in [-0.3, -0.25) is 0 Å². The maximum Gasteiger partial charge on any atom is 0.410 e. The van der Waals surface area contributed by atoms with Crippen LogP contribution in [0.5, 0.6) is 0 Å². The van der Waals surface area contributed by atoms with Gasteiger partial charge < -0.3 is 9.64 Å². The molecule has 108 valence electrons. The number of carbonyl (C=O) groups is 1. The second-order valence-corrected chi connectivity index (χ2v) is 7.09. The van der Waals surface area contributed by atoms with Crippen molar-refractivity contribution in [2.45, 2.75) is 44.6 Å². The van der Waals surface area contributed by atoms with Crippen molar-refractivity contribution in [1.82, 2.24) is 4.90 Å². The molecule has 0 unspecified atom stereocenters. The van der Waals surface area contributed by atoms with Gasteiger partial charge in [0.1, 0.15) is 5.60 Å². The Labute approximate surface area is 124 Å². The molecule has 2 rings (SSSR count). The molecule has 5 heteroatoms. The highest BCUT2D eigenvalue weighted by atomic mass is 32.1. The summed E-state index contributed by atoms with van der Waals surface area (Å²) in [5.74, 6) is 0. The van der Waals surface area contributed by atoms with Gasteiger partial charge in [0.2, 0.25) is 0 Å². The van der Waals surface area contributed by atoms with Gasteiger partial charge in [-0.15, -0.1) is 11.3 Å². The van der Waals surface area contributed by atoms with Crippen molar-refractivity contribution in [2.24, 2.45) is 0 Å². The number of nitriles is 1. The molecule has 4 nitrogen and oxygen atoms in total. The van der Waals surface area contributed by atoms with E-state index in [1.54, 1.807) is 16.2 Å². The van der Waals surface area contributed by atoms with Crippen LogP contribution in [0.4, 0.5) is 4.79 Å². The lowest BCUT2D eigenvalue weighted by Gasteiger charge is -2.37. The zero-order valence-corrected chi connectivity index (χ0v) is 13.0. The minimum absolute atomic E-state index is 0.282. The molecule has 0 bridgehead atoms. The lowest BCUT2D eigenvalue weighted by atomic mass is 9.78. The maximum atomic E-state index is 12.0. The molecule has 1 amide bonds. The van der Waals surface area contributed by atoms with Gasteiger partial charge in [-0.05, 0) is 45.1 Å². The fraction of sp³-hybridized carbons (Fsp3) is 0.600. The molecule has 1 aromatic rings. The van der Waals surface area contributed by atoms with Gasteiger partial charge >= 0.3 is 6.09 Å². The topological polar surface area (TPSA) is 53.3 Å².